The first-order chi connectivity index (χ1) is 3.92. The molecule has 0 aromatic carbocycles. The largest absolute Gasteiger partial charge is 0.325 e. The molecular weight excluding hydrogens is 214 g/mol. The minimum Gasteiger partial charge on any atom is -0.325 e. The van der Waals surface area contributed by atoms with E-state index in [2.05, 4.69) is 0 Å². The Morgan fingerprint density at radius 3 is 2.10 bits per heavy atom. The molecule has 0 fully saturated rings. The van der Waals surface area contributed by atoms with E-state index < -0.39 is 0 Å². The second-order valence-electron chi connectivity index (χ2n) is 2.77. The number of carbonyl (C=O) groups is 1. The molecule has 0 amide bonds. The lowest BCUT2D eigenvalue weighted by Crippen LogP contribution is -2.35. The molecule has 0 saturated carbocycles. The first-order valence-corrected chi connectivity index (χ1v) is 3.82. The lowest BCUT2D eigenvalue weighted by molar-refractivity contribution is -0.109. The van der Waals surface area contributed by atoms with Gasteiger partial charge in [0.1, 0.15) is 0 Å². The normalized spacial score (nSPS) is 10.4. The van der Waals surface area contributed by atoms with Crippen LogP contribution >= 0.6 is 28.7 Å². The van der Waals surface area contributed by atoms with E-state index in [-0.39, 0.29) is 27.6 Å². The number of carbonyl (C=O) groups excluding carboxylic acids is 1. The Labute approximate surface area is 76.7 Å². The van der Waals surface area contributed by atoms with Crippen molar-refractivity contribution in [2.45, 2.75) is 26.3 Å². The highest BCUT2D eigenvalue weighted by Gasteiger charge is 2.11. The summed E-state index contributed by atoms with van der Waals surface area (Å²) in [5.74, 6) is 0.697. The molecule has 0 aromatic heterocycles. The summed E-state index contributed by atoms with van der Waals surface area (Å²) in [7, 11) is 0. The number of hydrogen-bond donors (Lipinski definition) is 1. The fourth-order valence-electron chi connectivity index (χ4n) is 0.288. The zero-order valence-corrected chi connectivity index (χ0v) is 9.04. The quantitative estimate of drug-likeness (QED) is 0.780. The predicted molar refractivity (Wildman–Crippen MR) is 51.7 cm³/mol. The number of rotatable bonds is 2. The standard InChI is InChI=1S/C6H13NOS.BrH/c1-5(8)9-4-6(2,3)7;/h4,7H2,1-3H3;1H. The molecule has 2 nitrogen and oxygen atoms in total. The molecule has 0 saturated heterocycles. The van der Waals surface area contributed by atoms with Gasteiger partial charge in [-0.25, -0.2) is 0 Å². The zero-order chi connectivity index (χ0) is 7.49. The number of halogens is 1. The van der Waals surface area contributed by atoms with Crippen LogP contribution in [0.25, 0.3) is 0 Å². The molecule has 0 bridgehead atoms. The molecule has 10 heavy (non-hydrogen) atoms. The lowest BCUT2D eigenvalue weighted by Gasteiger charge is -2.15. The molecule has 0 aliphatic heterocycles. The van der Waals surface area contributed by atoms with Crippen molar-refractivity contribution in [1.29, 1.82) is 0 Å². The second kappa shape index (κ2) is 5.16. The van der Waals surface area contributed by atoms with Gasteiger partial charge in [-0.05, 0) is 13.8 Å². The maximum atomic E-state index is 10.4. The highest BCUT2D eigenvalue weighted by atomic mass is 79.9. The third-order valence-electron chi connectivity index (χ3n) is 0.647. The van der Waals surface area contributed by atoms with E-state index in [1.165, 1.54) is 11.8 Å². The fourth-order valence-corrected chi connectivity index (χ4v) is 0.863. The van der Waals surface area contributed by atoms with Crippen molar-refractivity contribution in [3.8, 4) is 0 Å². The molecule has 0 rings (SSSR count). The Bertz CT molecular complexity index is 111. The van der Waals surface area contributed by atoms with Gasteiger partial charge in [0.15, 0.2) is 5.12 Å². The summed E-state index contributed by atoms with van der Waals surface area (Å²) in [5.41, 5.74) is 5.38. The average Bonchev–Trinajstić information content (AvgIpc) is 1.59. The highest BCUT2D eigenvalue weighted by molar-refractivity contribution is 8.93. The van der Waals surface area contributed by atoms with Gasteiger partial charge in [-0.2, -0.15) is 0 Å². The van der Waals surface area contributed by atoms with Crippen LogP contribution in [0.15, 0.2) is 0 Å². The zero-order valence-electron chi connectivity index (χ0n) is 6.51. The number of nitrogens with two attached hydrogens (primary N) is 1. The monoisotopic (exact) mass is 227 g/mol. The molecule has 0 unspecified atom stereocenters. The van der Waals surface area contributed by atoms with Crippen LogP contribution in [-0.2, 0) is 4.79 Å². The van der Waals surface area contributed by atoms with Gasteiger partial charge < -0.3 is 5.73 Å². The van der Waals surface area contributed by atoms with E-state index in [9.17, 15) is 4.79 Å². The maximum Gasteiger partial charge on any atom is 0.185 e. The van der Waals surface area contributed by atoms with E-state index in [4.69, 9.17) is 5.73 Å². The molecule has 0 aromatic rings. The first kappa shape index (κ1) is 13.1. The topological polar surface area (TPSA) is 43.1 Å². The molecule has 62 valence electrons. The van der Waals surface area contributed by atoms with E-state index in [1.807, 2.05) is 13.8 Å². The van der Waals surface area contributed by atoms with Gasteiger partial charge in [-0.1, -0.05) is 11.8 Å². The Morgan fingerprint density at radius 1 is 1.60 bits per heavy atom. The van der Waals surface area contributed by atoms with E-state index in [0.717, 1.165) is 0 Å². The van der Waals surface area contributed by atoms with Crippen LogP contribution < -0.4 is 5.73 Å². The number of hydrogen-bond acceptors (Lipinski definition) is 3. The van der Waals surface area contributed by atoms with Gasteiger partial charge in [0.25, 0.3) is 0 Å². The maximum absolute atomic E-state index is 10.4. The smallest absolute Gasteiger partial charge is 0.185 e. The molecule has 0 aliphatic carbocycles. The molecule has 2 N–H and O–H groups in total. The van der Waals surface area contributed by atoms with Crippen molar-refractivity contribution in [3.05, 3.63) is 0 Å². The number of thioether (sulfide) groups is 1. The average molecular weight is 228 g/mol. The van der Waals surface area contributed by atoms with Gasteiger partial charge >= 0.3 is 0 Å². The lowest BCUT2D eigenvalue weighted by atomic mass is 10.1. The Kier molecular flexibility index (Phi) is 6.74. The second-order valence-corrected chi connectivity index (χ2v) is 3.92. The predicted octanol–water partition coefficient (Wildman–Crippen LogP) is 1.58. The van der Waals surface area contributed by atoms with Crippen molar-refractivity contribution in [2.75, 3.05) is 5.75 Å². The minimum absolute atomic E-state index is 0. The van der Waals surface area contributed by atoms with Crippen LogP contribution in [0, 0.1) is 0 Å². The summed E-state index contributed by atoms with van der Waals surface area (Å²) in [5, 5.41) is 0.133. The summed E-state index contributed by atoms with van der Waals surface area (Å²) in [6, 6.07) is 0. The van der Waals surface area contributed by atoms with Crippen LogP contribution in [0.3, 0.4) is 0 Å². The Balaban J connectivity index is 0. The van der Waals surface area contributed by atoms with Gasteiger partial charge in [-0.3, -0.25) is 4.79 Å². The minimum atomic E-state index is -0.226. The van der Waals surface area contributed by atoms with Crippen molar-refractivity contribution < 1.29 is 4.79 Å². The van der Waals surface area contributed by atoms with Crippen LogP contribution in [0.5, 0.6) is 0 Å². The van der Waals surface area contributed by atoms with Crippen LogP contribution in [0.2, 0.25) is 0 Å². The van der Waals surface area contributed by atoms with Gasteiger partial charge in [0, 0.05) is 18.2 Å². The van der Waals surface area contributed by atoms with Crippen molar-refractivity contribution in [2.24, 2.45) is 5.73 Å². The molecule has 0 heterocycles. The fraction of sp³-hybridized carbons (Fsp3) is 0.833. The van der Waals surface area contributed by atoms with E-state index >= 15 is 0 Å². The van der Waals surface area contributed by atoms with E-state index in [0.29, 0.717) is 5.75 Å². The molecule has 4 heteroatoms. The summed E-state index contributed by atoms with van der Waals surface area (Å²) in [6.45, 7) is 5.36. The first-order valence-electron chi connectivity index (χ1n) is 2.84. The van der Waals surface area contributed by atoms with Crippen LogP contribution in [-0.4, -0.2) is 16.4 Å². The molecule has 0 aliphatic rings. The summed E-state index contributed by atoms with van der Waals surface area (Å²) >= 11 is 1.27. The summed E-state index contributed by atoms with van der Waals surface area (Å²) < 4.78 is 0. The van der Waals surface area contributed by atoms with Gasteiger partial charge in [0.2, 0.25) is 0 Å². The molecule has 0 atom stereocenters. The van der Waals surface area contributed by atoms with Gasteiger partial charge in [0.05, 0.1) is 0 Å². The third-order valence-corrected chi connectivity index (χ3v) is 1.94. The van der Waals surface area contributed by atoms with Crippen molar-refractivity contribution in [1.82, 2.24) is 0 Å². The summed E-state index contributed by atoms with van der Waals surface area (Å²) in [6.07, 6.45) is 0. The van der Waals surface area contributed by atoms with Gasteiger partial charge in [-0.15, -0.1) is 17.0 Å². The van der Waals surface area contributed by atoms with Crippen LogP contribution in [0.1, 0.15) is 20.8 Å². The SMILES string of the molecule is Br.CC(=O)SCC(C)(C)N. The molecule has 0 radical (unpaired) electrons. The van der Waals surface area contributed by atoms with Crippen molar-refractivity contribution in [3.63, 3.8) is 0 Å². The highest BCUT2D eigenvalue weighted by Crippen LogP contribution is 2.09. The Morgan fingerprint density at radius 2 is 2.00 bits per heavy atom. The van der Waals surface area contributed by atoms with Crippen molar-refractivity contribution >= 4 is 33.9 Å². The summed E-state index contributed by atoms with van der Waals surface area (Å²) in [4.78, 5) is 10.4. The Hall–Kier alpha value is 0.460. The van der Waals surface area contributed by atoms with E-state index in [1.54, 1.807) is 6.92 Å². The van der Waals surface area contributed by atoms with Crippen LogP contribution in [0.4, 0.5) is 0 Å². The molecule has 0 spiro atoms. The third kappa shape index (κ3) is 11.3. The molecular formula is C6H14BrNOS.